The van der Waals surface area contributed by atoms with Crippen molar-refractivity contribution in [1.82, 2.24) is 10.3 Å². The van der Waals surface area contributed by atoms with E-state index in [1.54, 1.807) is 11.9 Å². The second-order valence-electron chi connectivity index (χ2n) is 1.95. The number of amidine groups is 1. The first kappa shape index (κ1) is 8.24. The maximum Gasteiger partial charge on any atom is 0.249 e. The molecule has 0 amide bonds. The third-order valence-corrected chi connectivity index (χ3v) is 1.62. The average molecular weight is 202 g/mol. The molecule has 0 spiro atoms. The van der Waals surface area contributed by atoms with Crippen LogP contribution in [0.15, 0.2) is 5.10 Å². The first-order chi connectivity index (χ1) is 4.52. The molecule has 0 unspecified atom stereocenters. The molecule has 1 aliphatic heterocycles. The Bertz CT molecular complexity index is 162. The number of rotatable bonds is 0. The predicted molar refractivity (Wildman–Crippen MR) is 43.5 cm³/mol. The predicted octanol–water partition coefficient (Wildman–Crippen LogP) is 1.16. The van der Waals surface area contributed by atoms with Crippen molar-refractivity contribution < 1.29 is 0 Å². The van der Waals surface area contributed by atoms with Crippen LogP contribution < -0.4 is 5.43 Å². The average Bonchev–Trinajstić information content (AvgIpc) is 2.11. The Labute approximate surface area is 73.9 Å². The highest BCUT2D eigenvalue weighted by Crippen LogP contribution is 2.29. The van der Waals surface area contributed by atoms with Gasteiger partial charge in [-0.25, -0.2) is 0 Å². The minimum Gasteiger partial charge on any atom is -0.339 e. The van der Waals surface area contributed by atoms with Gasteiger partial charge in [0.05, 0.1) is 0 Å². The quantitative estimate of drug-likeness (QED) is 0.597. The molecule has 0 aromatic rings. The van der Waals surface area contributed by atoms with E-state index in [-0.39, 0.29) is 0 Å². The van der Waals surface area contributed by atoms with Gasteiger partial charge in [0.25, 0.3) is 0 Å². The topological polar surface area (TPSA) is 27.6 Å². The van der Waals surface area contributed by atoms with Gasteiger partial charge in [-0.05, 0) is 0 Å². The molecule has 0 aromatic carbocycles. The number of halogens is 3. The van der Waals surface area contributed by atoms with Crippen LogP contribution in [0.3, 0.4) is 0 Å². The van der Waals surface area contributed by atoms with Gasteiger partial charge in [0.15, 0.2) is 5.84 Å². The lowest BCUT2D eigenvalue weighted by Crippen LogP contribution is -2.33. The van der Waals surface area contributed by atoms with Crippen molar-refractivity contribution in [2.45, 2.75) is 3.79 Å². The van der Waals surface area contributed by atoms with Crippen LogP contribution in [0.4, 0.5) is 0 Å². The van der Waals surface area contributed by atoms with Crippen molar-refractivity contribution in [2.75, 3.05) is 13.7 Å². The van der Waals surface area contributed by atoms with Gasteiger partial charge < -0.3 is 4.90 Å². The maximum absolute atomic E-state index is 5.55. The first-order valence-electron chi connectivity index (χ1n) is 2.60. The molecule has 0 radical (unpaired) electrons. The summed E-state index contributed by atoms with van der Waals surface area (Å²) in [5.74, 6) is 0.428. The summed E-state index contributed by atoms with van der Waals surface area (Å²) in [6.07, 6.45) is 0. The summed E-state index contributed by atoms with van der Waals surface area (Å²) in [7, 11) is 1.79. The third kappa shape index (κ3) is 1.59. The van der Waals surface area contributed by atoms with Gasteiger partial charge in [0.2, 0.25) is 3.79 Å². The van der Waals surface area contributed by atoms with Gasteiger partial charge >= 0.3 is 0 Å². The van der Waals surface area contributed by atoms with Crippen molar-refractivity contribution in [3.8, 4) is 0 Å². The van der Waals surface area contributed by atoms with Gasteiger partial charge in [-0.2, -0.15) is 5.10 Å². The van der Waals surface area contributed by atoms with Crippen LogP contribution in [0.25, 0.3) is 0 Å². The fourth-order valence-electron chi connectivity index (χ4n) is 0.656. The van der Waals surface area contributed by atoms with E-state index in [9.17, 15) is 0 Å². The van der Waals surface area contributed by atoms with E-state index >= 15 is 0 Å². The summed E-state index contributed by atoms with van der Waals surface area (Å²) in [4.78, 5) is 1.73. The van der Waals surface area contributed by atoms with Crippen molar-refractivity contribution >= 4 is 40.6 Å². The van der Waals surface area contributed by atoms with Crippen LogP contribution in [-0.2, 0) is 0 Å². The van der Waals surface area contributed by atoms with Crippen LogP contribution in [0.2, 0.25) is 0 Å². The Morgan fingerprint density at radius 1 is 1.60 bits per heavy atom. The Morgan fingerprint density at radius 3 is 2.40 bits per heavy atom. The van der Waals surface area contributed by atoms with E-state index in [1.807, 2.05) is 0 Å². The maximum atomic E-state index is 5.55. The number of nitrogens with zero attached hydrogens (tertiary/aromatic N) is 2. The lowest BCUT2D eigenvalue weighted by Gasteiger charge is -2.17. The molecule has 0 atom stereocenters. The molecule has 6 heteroatoms. The summed E-state index contributed by atoms with van der Waals surface area (Å²) in [5, 5.41) is 3.78. The van der Waals surface area contributed by atoms with E-state index < -0.39 is 3.79 Å². The summed E-state index contributed by atoms with van der Waals surface area (Å²) in [5.41, 5.74) is 2.69. The van der Waals surface area contributed by atoms with Crippen molar-refractivity contribution in [2.24, 2.45) is 5.10 Å². The normalized spacial score (nSPS) is 18.8. The van der Waals surface area contributed by atoms with Crippen LogP contribution in [0.1, 0.15) is 0 Å². The fraction of sp³-hybridized carbons (Fsp3) is 0.750. The van der Waals surface area contributed by atoms with Crippen LogP contribution >= 0.6 is 34.8 Å². The zero-order valence-corrected chi connectivity index (χ0v) is 7.50. The van der Waals surface area contributed by atoms with Crippen LogP contribution in [0, 0.1) is 0 Å². The molecular formula is C4H6Cl3N3. The molecule has 1 heterocycles. The second-order valence-corrected chi connectivity index (χ2v) is 4.23. The lowest BCUT2D eigenvalue weighted by atomic mass is 10.6. The van der Waals surface area contributed by atoms with E-state index in [4.69, 9.17) is 34.8 Å². The number of hydrazone groups is 1. The fourth-order valence-corrected chi connectivity index (χ4v) is 1.22. The SMILES string of the molecule is CN1CNN=C1C(Cl)(Cl)Cl. The zero-order valence-electron chi connectivity index (χ0n) is 5.24. The highest BCUT2D eigenvalue weighted by Gasteiger charge is 2.33. The van der Waals surface area contributed by atoms with Crippen LogP contribution in [-0.4, -0.2) is 28.2 Å². The minimum absolute atomic E-state index is 0.428. The lowest BCUT2D eigenvalue weighted by molar-refractivity contribution is 0.502. The number of alkyl halides is 3. The molecule has 58 valence electrons. The van der Waals surface area contributed by atoms with E-state index in [0.29, 0.717) is 12.5 Å². The largest absolute Gasteiger partial charge is 0.339 e. The highest BCUT2D eigenvalue weighted by atomic mass is 35.6. The summed E-state index contributed by atoms with van der Waals surface area (Å²) in [6.45, 7) is 0.587. The molecule has 0 aromatic heterocycles. The van der Waals surface area contributed by atoms with Crippen molar-refractivity contribution in [1.29, 1.82) is 0 Å². The molecule has 1 aliphatic rings. The molecule has 1 N–H and O–H groups in total. The van der Waals surface area contributed by atoms with Crippen molar-refractivity contribution in [3.63, 3.8) is 0 Å². The van der Waals surface area contributed by atoms with Gasteiger partial charge in [0.1, 0.15) is 6.67 Å². The second kappa shape index (κ2) is 2.64. The molecule has 0 aliphatic carbocycles. The minimum atomic E-state index is -1.42. The van der Waals surface area contributed by atoms with Gasteiger partial charge in [0, 0.05) is 7.05 Å². The molecule has 10 heavy (non-hydrogen) atoms. The van der Waals surface area contributed by atoms with E-state index in [2.05, 4.69) is 10.5 Å². The number of nitrogens with one attached hydrogen (secondary N) is 1. The molecule has 1 rings (SSSR count). The molecule has 0 bridgehead atoms. The Morgan fingerprint density at radius 2 is 2.20 bits per heavy atom. The Hall–Kier alpha value is 0.140. The van der Waals surface area contributed by atoms with Gasteiger partial charge in [-0.15, -0.1) is 0 Å². The zero-order chi connectivity index (χ0) is 7.78. The highest BCUT2D eigenvalue weighted by molar-refractivity contribution is 6.76. The number of hydrogen-bond donors (Lipinski definition) is 1. The number of hydrogen-bond acceptors (Lipinski definition) is 3. The molecule has 0 saturated heterocycles. The molecule has 0 saturated carbocycles. The van der Waals surface area contributed by atoms with Crippen molar-refractivity contribution in [3.05, 3.63) is 0 Å². The Kier molecular flexibility index (Phi) is 2.18. The van der Waals surface area contributed by atoms with E-state index in [1.165, 1.54) is 0 Å². The summed E-state index contributed by atoms with van der Waals surface area (Å²) in [6, 6.07) is 0. The van der Waals surface area contributed by atoms with Gasteiger partial charge in [-0.3, -0.25) is 5.43 Å². The smallest absolute Gasteiger partial charge is 0.249 e. The Balaban J connectivity index is 2.72. The molecule has 0 fully saturated rings. The molecular weight excluding hydrogens is 196 g/mol. The van der Waals surface area contributed by atoms with Crippen LogP contribution in [0.5, 0.6) is 0 Å². The summed E-state index contributed by atoms with van der Waals surface area (Å²) >= 11 is 16.7. The third-order valence-electron chi connectivity index (χ3n) is 1.11. The van der Waals surface area contributed by atoms with Gasteiger partial charge in [-0.1, -0.05) is 34.8 Å². The van der Waals surface area contributed by atoms with E-state index in [0.717, 1.165) is 0 Å². The first-order valence-corrected chi connectivity index (χ1v) is 3.74. The summed E-state index contributed by atoms with van der Waals surface area (Å²) < 4.78 is -1.42. The standard InChI is InChI=1S/C4H6Cl3N3/c1-10-2-8-9-3(10)4(5,6)7/h8H,2H2,1H3. The monoisotopic (exact) mass is 201 g/mol. The molecule has 3 nitrogen and oxygen atoms in total.